The number of carbonyl (C=O) groups is 2. The number of hydrogen-bond donors (Lipinski definition) is 0. The van der Waals surface area contributed by atoms with Crippen LogP contribution in [0.5, 0.6) is 0 Å². The number of nitro benzene ring substituents is 1. The van der Waals surface area contributed by atoms with Crippen LogP contribution >= 0.6 is 0 Å². The van der Waals surface area contributed by atoms with Gasteiger partial charge in [-0.05, 0) is 22.9 Å². The molecule has 5 nitrogen and oxygen atoms in total. The summed E-state index contributed by atoms with van der Waals surface area (Å²) in [5.74, 6) is -1.31. The first kappa shape index (κ1) is 14.6. The summed E-state index contributed by atoms with van der Waals surface area (Å²) in [6.07, 6.45) is 0. The predicted molar refractivity (Wildman–Crippen MR) is 85.7 cm³/mol. The molecule has 112 valence electrons. The molecular weight excluding hydrogens is 294 g/mol. The van der Waals surface area contributed by atoms with E-state index in [1.165, 1.54) is 24.3 Å². The Balaban J connectivity index is 1.98. The molecule has 3 aromatic carbocycles. The number of rotatable bonds is 4. The Morgan fingerprint density at radius 3 is 2.13 bits per heavy atom. The Hall–Kier alpha value is -3.34. The largest absolute Gasteiger partial charge is 0.285 e. The third-order valence-electron chi connectivity index (χ3n) is 3.58. The van der Waals surface area contributed by atoms with Gasteiger partial charge in [-0.3, -0.25) is 19.7 Å². The van der Waals surface area contributed by atoms with E-state index in [1.54, 1.807) is 24.3 Å². The average molecular weight is 305 g/mol. The van der Waals surface area contributed by atoms with E-state index in [2.05, 4.69) is 0 Å². The second kappa shape index (κ2) is 5.81. The molecule has 0 bridgehead atoms. The van der Waals surface area contributed by atoms with Crippen molar-refractivity contribution in [2.24, 2.45) is 0 Å². The Morgan fingerprint density at radius 1 is 0.783 bits per heavy atom. The van der Waals surface area contributed by atoms with E-state index < -0.39 is 16.5 Å². The summed E-state index contributed by atoms with van der Waals surface area (Å²) < 4.78 is 0. The summed E-state index contributed by atoms with van der Waals surface area (Å²) in [6, 6.07) is 17.5. The van der Waals surface area contributed by atoms with Gasteiger partial charge >= 0.3 is 0 Å². The molecule has 0 spiro atoms. The Bertz CT molecular complexity index is 924. The molecule has 0 fully saturated rings. The first-order valence-electron chi connectivity index (χ1n) is 6.89. The maximum absolute atomic E-state index is 12.5. The van der Waals surface area contributed by atoms with Crippen LogP contribution in [0.4, 0.5) is 5.69 Å². The normalized spacial score (nSPS) is 10.4. The van der Waals surface area contributed by atoms with Gasteiger partial charge in [0.15, 0.2) is 0 Å². The molecule has 3 aromatic rings. The molecule has 0 aliphatic heterocycles. The van der Waals surface area contributed by atoms with Crippen LogP contribution in [0.3, 0.4) is 0 Å². The number of non-ortho nitro benzene ring substituents is 1. The van der Waals surface area contributed by atoms with Crippen molar-refractivity contribution in [3.63, 3.8) is 0 Å². The highest BCUT2D eigenvalue weighted by Crippen LogP contribution is 2.21. The third kappa shape index (κ3) is 2.72. The molecule has 0 saturated heterocycles. The van der Waals surface area contributed by atoms with Crippen LogP contribution in [0.1, 0.15) is 20.7 Å². The Kier molecular flexibility index (Phi) is 3.68. The van der Waals surface area contributed by atoms with Crippen LogP contribution in [-0.4, -0.2) is 16.5 Å². The fraction of sp³-hybridized carbons (Fsp3) is 0. The highest BCUT2D eigenvalue weighted by molar-refractivity contribution is 6.50. The van der Waals surface area contributed by atoms with Crippen molar-refractivity contribution in [1.82, 2.24) is 0 Å². The Morgan fingerprint density at radius 2 is 1.43 bits per heavy atom. The van der Waals surface area contributed by atoms with Crippen LogP contribution in [0.2, 0.25) is 0 Å². The van der Waals surface area contributed by atoms with Crippen molar-refractivity contribution in [2.45, 2.75) is 0 Å². The SMILES string of the molecule is O=C(C(=O)c1cccc2ccccc12)c1ccc([N+](=O)[O-])cc1. The van der Waals surface area contributed by atoms with Gasteiger partial charge < -0.3 is 0 Å². The second-order valence-corrected chi connectivity index (χ2v) is 4.99. The van der Waals surface area contributed by atoms with E-state index in [4.69, 9.17) is 0 Å². The zero-order valence-electron chi connectivity index (χ0n) is 11.9. The summed E-state index contributed by atoms with van der Waals surface area (Å²) in [6.45, 7) is 0. The number of carbonyl (C=O) groups excluding carboxylic acids is 2. The lowest BCUT2D eigenvalue weighted by molar-refractivity contribution is -0.384. The molecule has 5 heteroatoms. The molecule has 0 aliphatic carbocycles. The molecule has 0 unspecified atom stereocenters. The molecule has 0 amide bonds. The summed E-state index contributed by atoms with van der Waals surface area (Å²) in [4.78, 5) is 34.9. The van der Waals surface area contributed by atoms with Crippen LogP contribution in [-0.2, 0) is 0 Å². The summed E-state index contributed by atoms with van der Waals surface area (Å²) in [7, 11) is 0. The number of nitro groups is 1. The van der Waals surface area contributed by atoms with Crippen molar-refractivity contribution in [2.75, 3.05) is 0 Å². The number of benzene rings is 3. The van der Waals surface area contributed by atoms with Gasteiger partial charge in [-0.15, -0.1) is 0 Å². The number of ketones is 2. The number of nitrogens with zero attached hydrogens (tertiary/aromatic N) is 1. The second-order valence-electron chi connectivity index (χ2n) is 4.99. The fourth-order valence-corrected chi connectivity index (χ4v) is 2.41. The van der Waals surface area contributed by atoms with E-state index in [1.807, 2.05) is 18.2 Å². The van der Waals surface area contributed by atoms with Crippen molar-refractivity contribution in [3.05, 3.63) is 88.0 Å². The molecule has 0 saturated carbocycles. The highest BCUT2D eigenvalue weighted by Gasteiger charge is 2.20. The monoisotopic (exact) mass is 305 g/mol. The fourth-order valence-electron chi connectivity index (χ4n) is 2.41. The maximum atomic E-state index is 12.5. The number of Topliss-reactive ketones (excluding diaryl/α,β-unsaturated/α-hetero) is 2. The van der Waals surface area contributed by atoms with Gasteiger partial charge in [0.2, 0.25) is 11.6 Å². The van der Waals surface area contributed by atoms with Crippen molar-refractivity contribution in [3.8, 4) is 0 Å². The van der Waals surface area contributed by atoms with Crippen LogP contribution in [0.15, 0.2) is 66.7 Å². The zero-order valence-corrected chi connectivity index (χ0v) is 11.9. The van der Waals surface area contributed by atoms with Gasteiger partial charge in [0, 0.05) is 23.3 Å². The van der Waals surface area contributed by atoms with E-state index in [9.17, 15) is 19.7 Å². The van der Waals surface area contributed by atoms with E-state index in [-0.39, 0.29) is 11.3 Å². The number of fused-ring (bicyclic) bond motifs is 1. The standard InChI is InChI=1S/C18H11NO4/c20-17(13-8-10-14(11-9-13)19(22)23)18(21)16-7-3-5-12-4-1-2-6-15(12)16/h1-11H. The molecule has 23 heavy (non-hydrogen) atoms. The smallest absolute Gasteiger partial charge is 0.269 e. The Labute approximate surface area is 131 Å². The van der Waals surface area contributed by atoms with Gasteiger partial charge in [0.05, 0.1) is 4.92 Å². The van der Waals surface area contributed by atoms with Crippen molar-refractivity contribution < 1.29 is 14.5 Å². The van der Waals surface area contributed by atoms with Crippen LogP contribution in [0, 0.1) is 10.1 Å². The van der Waals surface area contributed by atoms with Gasteiger partial charge in [-0.25, -0.2) is 0 Å². The third-order valence-corrected chi connectivity index (χ3v) is 3.58. The molecule has 0 heterocycles. The maximum Gasteiger partial charge on any atom is 0.269 e. The average Bonchev–Trinajstić information content (AvgIpc) is 2.60. The van der Waals surface area contributed by atoms with Crippen molar-refractivity contribution >= 4 is 28.0 Å². The summed E-state index contributed by atoms with van der Waals surface area (Å²) in [5, 5.41) is 12.2. The van der Waals surface area contributed by atoms with E-state index in [0.717, 1.165) is 5.39 Å². The molecule has 0 atom stereocenters. The lowest BCUT2D eigenvalue weighted by Crippen LogP contribution is -2.14. The summed E-state index contributed by atoms with van der Waals surface area (Å²) in [5.41, 5.74) is 0.333. The van der Waals surface area contributed by atoms with E-state index >= 15 is 0 Å². The zero-order chi connectivity index (χ0) is 16.4. The molecule has 3 rings (SSSR count). The van der Waals surface area contributed by atoms with Gasteiger partial charge in [0.25, 0.3) is 5.69 Å². The minimum atomic E-state index is -0.684. The molecule has 0 aliphatic rings. The lowest BCUT2D eigenvalue weighted by atomic mass is 9.96. The molecular formula is C18H11NO4. The van der Waals surface area contributed by atoms with Gasteiger partial charge in [-0.2, -0.15) is 0 Å². The highest BCUT2D eigenvalue weighted by atomic mass is 16.6. The van der Waals surface area contributed by atoms with Crippen LogP contribution in [0.25, 0.3) is 10.8 Å². The topological polar surface area (TPSA) is 77.3 Å². The molecule has 0 N–H and O–H groups in total. The first-order chi connectivity index (χ1) is 11.1. The van der Waals surface area contributed by atoms with Gasteiger partial charge in [0.1, 0.15) is 0 Å². The number of hydrogen-bond acceptors (Lipinski definition) is 4. The van der Waals surface area contributed by atoms with Crippen LogP contribution < -0.4 is 0 Å². The predicted octanol–water partition coefficient (Wildman–Crippen LogP) is 3.81. The van der Waals surface area contributed by atoms with Crippen molar-refractivity contribution in [1.29, 1.82) is 0 Å². The quantitative estimate of drug-likeness (QED) is 0.318. The minimum absolute atomic E-state index is 0.126. The molecule has 0 aromatic heterocycles. The van der Waals surface area contributed by atoms with Gasteiger partial charge in [-0.1, -0.05) is 42.5 Å². The summed E-state index contributed by atoms with van der Waals surface area (Å²) >= 11 is 0. The van der Waals surface area contributed by atoms with E-state index in [0.29, 0.717) is 10.9 Å². The minimum Gasteiger partial charge on any atom is -0.285 e. The first-order valence-corrected chi connectivity index (χ1v) is 6.89. The lowest BCUT2D eigenvalue weighted by Gasteiger charge is -2.05. The molecule has 0 radical (unpaired) electrons.